The van der Waals surface area contributed by atoms with E-state index in [9.17, 15) is 18.4 Å². The van der Waals surface area contributed by atoms with Gasteiger partial charge in [0.15, 0.2) is 6.04 Å². The summed E-state index contributed by atoms with van der Waals surface area (Å²) in [5, 5.41) is 3.13. The third-order valence-electron chi connectivity index (χ3n) is 6.83. The molecule has 0 saturated carbocycles. The zero-order chi connectivity index (χ0) is 29.7. The Balaban J connectivity index is 1.25. The van der Waals surface area contributed by atoms with Crippen molar-refractivity contribution < 1.29 is 32.3 Å². The number of hydrogen-bond donors (Lipinski definition) is 1. The van der Waals surface area contributed by atoms with Crippen molar-refractivity contribution in [3.05, 3.63) is 95.6 Å². The number of ether oxygens (including phenoxy) is 2. The Bertz CT molecular complexity index is 1240. The van der Waals surface area contributed by atoms with E-state index >= 15 is 0 Å². The molecule has 41 heavy (non-hydrogen) atoms. The summed E-state index contributed by atoms with van der Waals surface area (Å²) < 4.78 is 38.5. The quantitative estimate of drug-likeness (QED) is 0.0950. The van der Waals surface area contributed by atoms with Gasteiger partial charge in [0.05, 0.1) is 33.3 Å². The molecule has 0 heterocycles. The molecule has 0 radical (unpaired) electrons. The summed E-state index contributed by atoms with van der Waals surface area (Å²) in [6, 6.07) is 19.1. The van der Waals surface area contributed by atoms with E-state index in [1.165, 1.54) is 5.56 Å². The van der Waals surface area contributed by atoms with Gasteiger partial charge in [-0.25, -0.2) is 13.6 Å². The monoisotopic (exact) mass is 567 g/mol. The van der Waals surface area contributed by atoms with E-state index in [4.69, 9.17) is 9.47 Å². The zero-order valence-corrected chi connectivity index (χ0v) is 24.2. The van der Waals surface area contributed by atoms with Gasteiger partial charge in [-0.1, -0.05) is 56.0 Å². The molecular weight excluding hydrogens is 526 g/mol. The summed E-state index contributed by atoms with van der Waals surface area (Å²) >= 11 is 0. The fourth-order valence-electron chi connectivity index (χ4n) is 4.43. The van der Waals surface area contributed by atoms with Crippen LogP contribution in [0.5, 0.6) is 11.5 Å². The van der Waals surface area contributed by atoms with Crippen LogP contribution in [0.2, 0.25) is 0 Å². The lowest BCUT2D eigenvalue weighted by atomic mass is 10.0. The van der Waals surface area contributed by atoms with E-state index < -0.39 is 23.2 Å². The largest absolute Gasteiger partial charge is 0.494 e. The topological polar surface area (TPSA) is 64.6 Å². The van der Waals surface area contributed by atoms with Crippen molar-refractivity contribution in [3.8, 4) is 11.5 Å². The number of carbonyl (C=O) groups excluding carboxylic acids is 2. The van der Waals surface area contributed by atoms with Gasteiger partial charge in [-0.2, -0.15) is 0 Å². The number of nitrogens with one attached hydrogen (secondary N) is 1. The summed E-state index contributed by atoms with van der Waals surface area (Å²) in [6.45, 7) is 1.26. The van der Waals surface area contributed by atoms with Crippen molar-refractivity contribution in [1.82, 2.24) is 5.32 Å². The van der Waals surface area contributed by atoms with Crippen molar-refractivity contribution >= 4 is 11.9 Å². The molecule has 0 bridgehead atoms. The first-order valence-electron chi connectivity index (χ1n) is 14.2. The highest BCUT2D eigenvalue weighted by Crippen LogP contribution is 2.20. The van der Waals surface area contributed by atoms with E-state index in [0.717, 1.165) is 56.7 Å². The van der Waals surface area contributed by atoms with Crippen molar-refractivity contribution in [2.45, 2.75) is 51.0 Å². The minimum absolute atomic E-state index is 0.102. The first-order chi connectivity index (χ1) is 19.6. The van der Waals surface area contributed by atoms with Gasteiger partial charge in [0.1, 0.15) is 23.1 Å². The number of hydrogen-bond acceptors (Lipinski definition) is 4. The van der Waals surface area contributed by atoms with Crippen LogP contribution in [-0.4, -0.2) is 56.7 Å². The summed E-state index contributed by atoms with van der Waals surface area (Å²) in [5.41, 5.74) is 0.713. The number of quaternary nitrogens is 1. The number of amides is 1. The van der Waals surface area contributed by atoms with Crippen LogP contribution < -0.4 is 14.8 Å². The number of likely N-dealkylation sites (N-methyl/N-ethyl adjacent to an activating group) is 1. The molecule has 220 valence electrons. The molecular formula is C33H41F2N2O4+. The van der Waals surface area contributed by atoms with Gasteiger partial charge in [0.2, 0.25) is 0 Å². The molecule has 6 nitrogen and oxygen atoms in total. The lowest BCUT2D eigenvalue weighted by Gasteiger charge is -2.33. The van der Waals surface area contributed by atoms with E-state index in [-0.39, 0.29) is 17.7 Å². The molecule has 0 saturated heterocycles. The summed E-state index contributed by atoms with van der Waals surface area (Å²) in [7, 11) is 6.18. The van der Waals surface area contributed by atoms with E-state index in [0.29, 0.717) is 29.8 Å². The van der Waals surface area contributed by atoms with Crippen LogP contribution in [0, 0.1) is 11.6 Å². The predicted octanol–water partition coefficient (Wildman–Crippen LogP) is 6.34. The highest BCUT2D eigenvalue weighted by atomic mass is 19.1. The standard InChI is InChI=1S/C33H40F2N2O4/c1-37(2,3)31(23-25-13-9-8-10-14-25)32(38)36-21-11-6-4-5-7-12-22-40-27-16-18-28(19-17-27)41-33(39)29-24-26(34)15-20-30(29)35/h8-10,13-20,24,31H,4-7,11-12,21-23H2,1-3H3/p+1. The number of esters is 1. The molecule has 3 rings (SSSR count). The second-order valence-corrected chi connectivity index (χ2v) is 11.1. The molecule has 1 N–H and O–H groups in total. The number of halogens is 2. The maximum atomic E-state index is 13.7. The highest BCUT2D eigenvalue weighted by molar-refractivity contribution is 5.91. The van der Waals surface area contributed by atoms with Crippen molar-refractivity contribution in [3.63, 3.8) is 0 Å². The fraction of sp³-hybridized carbons (Fsp3) is 0.394. The molecule has 0 aliphatic heterocycles. The van der Waals surface area contributed by atoms with Crippen molar-refractivity contribution in [1.29, 1.82) is 0 Å². The van der Waals surface area contributed by atoms with E-state index in [1.807, 2.05) is 18.2 Å². The Morgan fingerprint density at radius 1 is 0.805 bits per heavy atom. The number of rotatable bonds is 16. The molecule has 0 aliphatic rings. The van der Waals surface area contributed by atoms with Crippen LogP contribution in [0.4, 0.5) is 8.78 Å². The minimum Gasteiger partial charge on any atom is -0.494 e. The van der Waals surface area contributed by atoms with E-state index in [1.54, 1.807) is 24.3 Å². The lowest BCUT2D eigenvalue weighted by Crippen LogP contribution is -2.55. The maximum absolute atomic E-state index is 13.7. The Kier molecular flexibility index (Phi) is 12.3. The van der Waals surface area contributed by atoms with Gasteiger partial charge in [-0.3, -0.25) is 4.79 Å². The Morgan fingerprint density at radius 2 is 1.44 bits per heavy atom. The van der Waals surface area contributed by atoms with Gasteiger partial charge in [-0.05, 0) is 60.9 Å². The molecule has 1 atom stereocenters. The van der Waals surface area contributed by atoms with Crippen LogP contribution in [0.15, 0.2) is 72.8 Å². The normalized spacial score (nSPS) is 12.0. The van der Waals surface area contributed by atoms with Gasteiger partial charge in [-0.15, -0.1) is 0 Å². The Morgan fingerprint density at radius 3 is 2.12 bits per heavy atom. The molecule has 0 fully saturated rings. The SMILES string of the molecule is C[N+](C)(C)C(Cc1ccccc1)C(=O)NCCCCCCCCOc1ccc(OC(=O)c2cc(F)ccc2F)cc1. The van der Waals surface area contributed by atoms with Crippen LogP contribution in [-0.2, 0) is 11.2 Å². The molecule has 1 amide bonds. The predicted molar refractivity (Wildman–Crippen MR) is 156 cm³/mol. The Labute approximate surface area is 241 Å². The van der Waals surface area contributed by atoms with Crippen LogP contribution in [0.1, 0.15) is 54.4 Å². The van der Waals surface area contributed by atoms with Crippen LogP contribution in [0.25, 0.3) is 0 Å². The van der Waals surface area contributed by atoms with Gasteiger partial charge in [0.25, 0.3) is 5.91 Å². The first kappa shape index (κ1) is 31.7. The first-order valence-corrected chi connectivity index (χ1v) is 14.2. The van der Waals surface area contributed by atoms with E-state index in [2.05, 4.69) is 38.6 Å². The van der Waals surface area contributed by atoms with Crippen LogP contribution in [0.3, 0.4) is 0 Å². The van der Waals surface area contributed by atoms with Gasteiger partial charge < -0.3 is 19.3 Å². The number of carbonyl (C=O) groups is 2. The molecule has 0 spiro atoms. The number of benzene rings is 3. The maximum Gasteiger partial charge on any atom is 0.346 e. The van der Waals surface area contributed by atoms with Crippen molar-refractivity contribution in [2.24, 2.45) is 0 Å². The molecule has 0 aromatic heterocycles. The average Bonchev–Trinajstić information content (AvgIpc) is 2.94. The second kappa shape index (κ2) is 15.9. The number of nitrogens with zero attached hydrogens (tertiary/aromatic N) is 1. The summed E-state index contributed by atoms with van der Waals surface area (Å²) in [4.78, 5) is 25.0. The number of unbranched alkanes of at least 4 members (excludes halogenated alkanes) is 5. The average molecular weight is 568 g/mol. The fourth-order valence-corrected chi connectivity index (χ4v) is 4.43. The summed E-state index contributed by atoms with van der Waals surface area (Å²) in [5.74, 6) is -1.57. The minimum atomic E-state index is -0.963. The Hall–Kier alpha value is -3.78. The lowest BCUT2D eigenvalue weighted by molar-refractivity contribution is -0.886. The molecule has 3 aromatic rings. The van der Waals surface area contributed by atoms with Crippen LogP contribution >= 0.6 is 0 Å². The zero-order valence-electron chi connectivity index (χ0n) is 24.2. The van der Waals surface area contributed by atoms with Gasteiger partial charge in [0, 0.05) is 13.0 Å². The smallest absolute Gasteiger partial charge is 0.346 e. The molecule has 3 aromatic carbocycles. The van der Waals surface area contributed by atoms with Gasteiger partial charge >= 0.3 is 5.97 Å². The van der Waals surface area contributed by atoms with Crippen molar-refractivity contribution in [2.75, 3.05) is 34.3 Å². The molecule has 8 heteroatoms. The third kappa shape index (κ3) is 11.0. The molecule has 1 unspecified atom stereocenters. The molecule has 0 aliphatic carbocycles. The highest BCUT2D eigenvalue weighted by Gasteiger charge is 2.31. The second-order valence-electron chi connectivity index (χ2n) is 11.1. The summed E-state index contributed by atoms with van der Waals surface area (Å²) in [6.07, 6.45) is 6.89. The third-order valence-corrected chi connectivity index (χ3v) is 6.83.